The van der Waals surface area contributed by atoms with Gasteiger partial charge in [-0.2, -0.15) is 0 Å². The fourth-order valence-corrected chi connectivity index (χ4v) is 4.61. The molecule has 206 valence electrons. The molecule has 0 bridgehead atoms. The first-order valence-corrected chi connectivity index (χ1v) is 12.7. The lowest BCUT2D eigenvalue weighted by Gasteiger charge is -2.27. The molecule has 4 aromatic rings. The molecule has 1 aliphatic heterocycles. The summed E-state index contributed by atoms with van der Waals surface area (Å²) in [5.41, 5.74) is 7.27. The van der Waals surface area contributed by atoms with Gasteiger partial charge in [-0.15, -0.1) is 0 Å². The number of nitrogens with zero attached hydrogens (tertiary/aromatic N) is 4. The highest BCUT2D eigenvalue weighted by Gasteiger charge is 2.24. The normalized spacial score (nSPS) is 12.9. The first-order valence-electron chi connectivity index (χ1n) is 11.9. The van der Waals surface area contributed by atoms with Gasteiger partial charge in [0.15, 0.2) is 5.82 Å². The van der Waals surface area contributed by atoms with E-state index in [1.807, 2.05) is 0 Å². The molecule has 0 saturated carbocycles. The fraction of sp³-hybridized carbons (Fsp3) is 0.192. The second kappa shape index (κ2) is 11.4. The van der Waals surface area contributed by atoms with Crippen LogP contribution in [0.25, 0.3) is 22.6 Å². The molecule has 40 heavy (non-hydrogen) atoms. The van der Waals surface area contributed by atoms with Crippen molar-refractivity contribution in [3.8, 4) is 39.9 Å². The maximum absolute atomic E-state index is 12.0. The van der Waals surface area contributed by atoms with Crippen LogP contribution in [0.2, 0.25) is 10.0 Å². The van der Waals surface area contributed by atoms with E-state index in [1.54, 1.807) is 36.5 Å². The summed E-state index contributed by atoms with van der Waals surface area (Å²) in [5.74, 6) is 1.55. The molecule has 1 saturated heterocycles. The number of ether oxygens (including phenoxy) is 3. The minimum absolute atomic E-state index is 0.0382. The Kier molecular flexibility index (Phi) is 7.74. The summed E-state index contributed by atoms with van der Waals surface area (Å²) >= 11 is 13.1. The van der Waals surface area contributed by atoms with Crippen molar-refractivity contribution in [2.75, 3.05) is 38.4 Å². The molecule has 5 rings (SSSR count). The van der Waals surface area contributed by atoms with Gasteiger partial charge >= 0.3 is 0 Å². The van der Waals surface area contributed by atoms with Crippen molar-refractivity contribution in [1.29, 1.82) is 0 Å². The molecule has 0 spiro atoms. The minimum atomic E-state index is -0.509. The fourth-order valence-electron chi connectivity index (χ4n) is 4.01. The molecule has 2 aromatic heterocycles. The van der Waals surface area contributed by atoms with Gasteiger partial charge in [-0.25, -0.2) is 15.0 Å². The number of rotatable bonds is 9. The number of hydrogen-bond donors (Lipinski definition) is 3. The molecule has 0 unspecified atom stereocenters. The van der Waals surface area contributed by atoms with Gasteiger partial charge in [-0.3, -0.25) is 10.1 Å². The monoisotopic (exact) mass is 583 g/mol. The molecule has 0 amide bonds. The molecular weight excluding hydrogens is 561 g/mol. The van der Waals surface area contributed by atoms with Crippen LogP contribution in [0.1, 0.15) is 0 Å². The number of nitrogen functional groups attached to an aromatic ring is 1. The van der Waals surface area contributed by atoms with E-state index in [9.17, 15) is 10.1 Å². The van der Waals surface area contributed by atoms with Gasteiger partial charge < -0.3 is 30.6 Å². The molecular formula is C26H23Cl2N7O5. The van der Waals surface area contributed by atoms with E-state index in [1.165, 1.54) is 26.4 Å². The van der Waals surface area contributed by atoms with E-state index >= 15 is 0 Å². The van der Waals surface area contributed by atoms with Crippen LogP contribution < -0.4 is 30.6 Å². The van der Waals surface area contributed by atoms with E-state index in [2.05, 4.69) is 25.6 Å². The third kappa shape index (κ3) is 5.37. The second-order valence-electron chi connectivity index (χ2n) is 8.64. The standard InChI is InChI=1S/C26H23Cl2N7O5/c1-38-19-10-20(39-2)23(28)24(22(19)27)34-25-15(4-3-7-31-25)17-9-21(29)33-26(32-17)16-6-5-13(8-18(16)35(36)37)40-14-11-30-12-14/h3-10,14,30H,11-12H2,1-2H3,(H,31,34)(H2,29,32,33). The molecule has 4 N–H and O–H groups in total. The largest absolute Gasteiger partial charge is 0.495 e. The Labute approximate surface area is 238 Å². The van der Waals surface area contributed by atoms with Gasteiger partial charge in [0.1, 0.15) is 45.0 Å². The number of nitro groups is 1. The quantitative estimate of drug-likeness (QED) is 0.177. The van der Waals surface area contributed by atoms with Crippen LogP contribution in [0.3, 0.4) is 0 Å². The Balaban J connectivity index is 1.56. The highest BCUT2D eigenvalue weighted by Crippen LogP contribution is 2.46. The number of aromatic nitrogens is 3. The maximum atomic E-state index is 12.0. The lowest BCUT2D eigenvalue weighted by molar-refractivity contribution is -0.384. The number of benzene rings is 2. The van der Waals surface area contributed by atoms with Gasteiger partial charge in [0.2, 0.25) is 0 Å². The highest BCUT2D eigenvalue weighted by molar-refractivity contribution is 6.41. The molecule has 14 heteroatoms. The summed E-state index contributed by atoms with van der Waals surface area (Å²) in [6.07, 6.45) is 1.53. The van der Waals surface area contributed by atoms with Crippen molar-refractivity contribution in [1.82, 2.24) is 20.3 Å². The molecule has 0 aliphatic carbocycles. The van der Waals surface area contributed by atoms with E-state index in [0.29, 0.717) is 53.1 Å². The maximum Gasteiger partial charge on any atom is 0.284 e. The average molecular weight is 584 g/mol. The third-order valence-corrected chi connectivity index (χ3v) is 6.85. The molecule has 2 aromatic carbocycles. The molecule has 3 heterocycles. The zero-order valence-corrected chi connectivity index (χ0v) is 22.8. The predicted octanol–water partition coefficient (Wildman–Crippen LogP) is 5.11. The van der Waals surface area contributed by atoms with E-state index in [0.717, 1.165) is 0 Å². The van der Waals surface area contributed by atoms with Crippen LogP contribution in [0.5, 0.6) is 17.2 Å². The van der Waals surface area contributed by atoms with Crippen LogP contribution in [0.4, 0.5) is 23.0 Å². The topological polar surface area (TPSA) is 160 Å². The molecule has 1 aliphatic rings. The van der Waals surface area contributed by atoms with Crippen molar-refractivity contribution in [3.05, 3.63) is 68.8 Å². The first kappa shape index (κ1) is 27.2. The number of halogens is 2. The van der Waals surface area contributed by atoms with Crippen molar-refractivity contribution in [2.24, 2.45) is 0 Å². The van der Waals surface area contributed by atoms with Crippen molar-refractivity contribution in [2.45, 2.75) is 6.10 Å². The average Bonchev–Trinajstić information content (AvgIpc) is 2.93. The van der Waals surface area contributed by atoms with E-state index < -0.39 is 4.92 Å². The van der Waals surface area contributed by atoms with Crippen molar-refractivity contribution in [3.63, 3.8) is 0 Å². The molecule has 0 atom stereocenters. The van der Waals surface area contributed by atoms with Gasteiger partial charge in [-0.05, 0) is 24.3 Å². The Bertz CT molecular complexity index is 1570. The summed E-state index contributed by atoms with van der Waals surface area (Å²) in [6, 6.07) is 11.1. The first-order chi connectivity index (χ1) is 19.3. The van der Waals surface area contributed by atoms with E-state index in [-0.39, 0.29) is 39.0 Å². The van der Waals surface area contributed by atoms with Crippen LogP contribution in [0.15, 0.2) is 48.7 Å². The zero-order valence-electron chi connectivity index (χ0n) is 21.3. The van der Waals surface area contributed by atoms with Gasteiger partial charge in [0, 0.05) is 37.0 Å². The summed E-state index contributed by atoms with van der Waals surface area (Å²) in [4.78, 5) is 24.8. The molecule has 0 radical (unpaired) electrons. The van der Waals surface area contributed by atoms with Crippen LogP contribution in [-0.2, 0) is 0 Å². The number of hydrogen-bond acceptors (Lipinski definition) is 11. The number of nitrogens with one attached hydrogen (secondary N) is 2. The van der Waals surface area contributed by atoms with Crippen LogP contribution in [0, 0.1) is 10.1 Å². The van der Waals surface area contributed by atoms with Crippen LogP contribution in [-0.4, -0.2) is 53.3 Å². The minimum Gasteiger partial charge on any atom is -0.495 e. The summed E-state index contributed by atoms with van der Waals surface area (Å²) in [7, 11) is 2.94. The van der Waals surface area contributed by atoms with Crippen LogP contribution >= 0.6 is 23.2 Å². The van der Waals surface area contributed by atoms with Gasteiger partial charge in [0.05, 0.1) is 42.2 Å². The van der Waals surface area contributed by atoms with Gasteiger partial charge in [0.25, 0.3) is 5.69 Å². The lowest BCUT2D eigenvalue weighted by atomic mass is 10.1. The molecule has 1 fully saturated rings. The smallest absolute Gasteiger partial charge is 0.284 e. The third-order valence-electron chi connectivity index (χ3n) is 6.10. The van der Waals surface area contributed by atoms with Gasteiger partial charge in [-0.1, -0.05) is 23.2 Å². The summed E-state index contributed by atoms with van der Waals surface area (Å²) < 4.78 is 16.5. The Morgan fingerprint density at radius 1 is 1.05 bits per heavy atom. The Hall–Kier alpha value is -4.39. The number of methoxy groups -OCH3 is 2. The van der Waals surface area contributed by atoms with E-state index in [4.69, 9.17) is 43.1 Å². The molecule has 12 nitrogen and oxygen atoms in total. The van der Waals surface area contributed by atoms with Crippen molar-refractivity contribution >= 4 is 46.2 Å². The number of anilines is 3. The number of nitro benzene ring substituents is 1. The SMILES string of the molecule is COc1cc(OC)c(Cl)c(Nc2ncccc2-c2cc(N)nc(-c3ccc(OC4CNC4)cc3[N+](=O)[O-])n2)c1Cl. The summed E-state index contributed by atoms with van der Waals surface area (Å²) in [5, 5.41) is 18.6. The predicted molar refractivity (Wildman–Crippen MR) is 152 cm³/mol. The number of pyridine rings is 1. The second-order valence-corrected chi connectivity index (χ2v) is 9.40. The summed E-state index contributed by atoms with van der Waals surface area (Å²) in [6.45, 7) is 1.36. The van der Waals surface area contributed by atoms with Crippen molar-refractivity contribution < 1.29 is 19.1 Å². The highest BCUT2D eigenvalue weighted by atomic mass is 35.5. The Morgan fingerprint density at radius 2 is 1.77 bits per heavy atom. The Morgan fingerprint density at radius 3 is 2.40 bits per heavy atom. The number of nitrogens with two attached hydrogens (primary N) is 1. The zero-order chi connectivity index (χ0) is 28.4. The lowest BCUT2D eigenvalue weighted by Crippen LogP contribution is -2.50.